The monoisotopic (exact) mass is 427 g/mol. The van der Waals surface area contributed by atoms with Gasteiger partial charge < -0.3 is 9.73 Å². The zero-order valence-electron chi connectivity index (χ0n) is 13.2. The molecule has 0 atom stereocenters. The fourth-order valence-electron chi connectivity index (χ4n) is 2.05. The molecule has 0 saturated carbocycles. The number of amides is 1. The number of nitrogens with zero attached hydrogens (tertiary/aromatic N) is 2. The van der Waals surface area contributed by atoms with E-state index in [9.17, 15) is 4.79 Å². The molecule has 0 aliphatic heterocycles. The van der Waals surface area contributed by atoms with E-state index >= 15 is 0 Å². The van der Waals surface area contributed by atoms with Gasteiger partial charge in [0, 0.05) is 10.0 Å². The van der Waals surface area contributed by atoms with Crippen LogP contribution in [-0.2, 0) is 11.2 Å². The second kappa shape index (κ2) is 8.77. The number of benzene rings is 2. The lowest BCUT2D eigenvalue weighted by Gasteiger charge is -2.06. The molecule has 0 aliphatic rings. The first-order valence-electron chi connectivity index (χ1n) is 7.44. The van der Waals surface area contributed by atoms with Crippen LogP contribution in [0.4, 0.5) is 5.69 Å². The standard InChI is InChI=1S/C17H12Cl3N3O2S/c18-11-3-1-10(2-4-11)7-16-22-23-17(25-16)26-9-15(24)21-14-8-12(19)5-6-13(14)20/h1-6,8H,7,9H2,(H,21,24). The van der Waals surface area contributed by atoms with Crippen molar-refractivity contribution in [3.8, 4) is 0 Å². The Morgan fingerprint density at radius 2 is 1.77 bits per heavy atom. The van der Waals surface area contributed by atoms with E-state index in [4.69, 9.17) is 39.2 Å². The zero-order valence-corrected chi connectivity index (χ0v) is 16.3. The van der Waals surface area contributed by atoms with Crippen molar-refractivity contribution in [2.24, 2.45) is 0 Å². The molecular weight excluding hydrogens is 417 g/mol. The molecule has 5 nitrogen and oxygen atoms in total. The first-order valence-corrected chi connectivity index (χ1v) is 9.56. The Bertz CT molecular complexity index is 916. The molecule has 134 valence electrons. The van der Waals surface area contributed by atoms with Gasteiger partial charge in [0.25, 0.3) is 5.22 Å². The normalized spacial score (nSPS) is 10.7. The average Bonchev–Trinajstić information content (AvgIpc) is 3.06. The van der Waals surface area contributed by atoms with Crippen LogP contribution < -0.4 is 5.32 Å². The van der Waals surface area contributed by atoms with Crippen molar-refractivity contribution in [1.29, 1.82) is 0 Å². The Morgan fingerprint density at radius 1 is 1.04 bits per heavy atom. The molecule has 0 radical (unpaired) electrons. The molecule has 0 aliphatic carbocycles. The highest BCUT2D eigenvalue weighted by Crippen LogP contribution is 2.26. The minimum absolute atomic E-state index is 0.103. The number of aromatic nitrogens is 2. The summed E-state index contributed by atoms with van der Waals surface area (Å²) in [7, 11) is 0. The first kappa shape index (κ1) is 19.0. The van der Waals surface area contributed by atoms with Gasteiger partial charge in [0.05, 0.1) is 22.9 Å². The lowest BCUT2D eigenvalue weighted by molar-refractivity contribution is -0.113. The Balaban J connectivity index is 1.53. The summed E-state index contributed by atoms with van der Waals surface area (Å²) in [4.78, 5) is 12.0. The summed E-state index contributed by atoms with van der Waals surface area (Å²) in [6.45, 7) is 0. The highest BCUT2D eigenvalue weighted by molar-refractivity contribution is 7.99. The van der Waals surface area contributed by atoms with Gasteiger partial charge in [-0.3, -0.25) is 4.79 Å². The van der Waals surface area contributed by atoms with Gasteiger partial charge in [-0.2, -0.15) is 0 Å². The predicted molar refractivity (Wildman–Crippen MR) is 104 cm³/mol. The van der Waals surface area contributed by atoms with Crippen molar-refractivity contribution in [1.82, 2.24) is 10.2 Å². The first-order chi connectivity index (χ1) is 12.5. The van der Waals surface area contributed by atoms with Crippen molar-refractivity contribution >= 4 is 58.2 Å². The molecule has 0 unspecified atom stereocenters. The molecule has 0 fully saturated rings. The van der Waals surface area contributed by atoms with Crippen molar-refractivity contribution < 1.29 is 9.21 Å². The summed E-state index contributed by atoms with van der Waals surface area (Å²) in [5, 5.41) is 12.5. The van der Waals surface area contributed by atoms with Crippen molar-refractivity contribution in [3.05, 3.63) is 69.0 Å². The molecule has 3 aromatic rings. The van der Waals surface area contributed by atoms with Crippen LogP contribution in [-0.4, -0.2) is 21.9 Å². The minimum Gasteiger partial charge on any atom is -0.416 e. The number of anilines is 1. The Labute approximate surface area is 169 Å². The SMILES string of the molecule is O=C(CSc1nnc(Cc2ccc(Cl)cc2)o1)Nc1cc(Cl)ccc1Cl. The number of halogens is 3. The number of carbonyl (C=O) groups excluding carboxylic acids is 1. The molecule has 1 N–H and O–H groups in total. The highest BCUT2D eigenvalue weighted by Gasteiger charge is 2.12. The van der Waals surface area contributed by atoms with Crippen molar-refractivity contribution in [3.63, 3.8) is 0 Å². The van der Waals surface area contributed by atoms with Crippen molar-refractivity contribution in [2.75, 3.05) is 11.1 Å². The van der Waals surface area contributed by atoms with Crippen LogP contribution in [0.15, 0.2) is 52.1 Å². The molecule has 1 amide bonds. The van der Waals surface area contributed by atoms with Gasteiger partial charge >= 0.3 is 0 Å². The van der Waals surface area contributed by atoms with Gasteiger partial charge in [-0.15, -0.1) is 10.2 Å². The van der Waals surface area contributed by atoms with Gasteiger partial charge in [-0.25, -0.2) is 0 Å². The molecule has 2 aromatic carbocycles. The quantitative estimate of drug-likeness (QED) is 0.536. The van der Waals surface area contributed by atoms with Crippen LogP contribution in [0.25, 0.3) is 0 Å². The summed E-state index contributed by atoms with van der Waals surface area (Å²) in [5.41, 5.74) is 1.46. The van der Waals surface area contributed by atoms with Crippen LogP contribution in [0.2, 0.25) is 15.1 Å². The number of nitrogens with one attached hydrogen (secondary N) is 1. The van der Waals surface area contributed by atoms with E-state index in [1.165, 1.54) is 0 Å². The second-order valence-corrected chi connectivity index (χ2v) is 7.43. The largest absolute Gasteiger partial charge is 0.416 e. The molecule has 0 saturated heterocycles. The fraction of sp³-hybridized carbons (Fsp3) is 0.118. The molecule has 3 rings (SSSR count). The smallest absolute Gasteiger partial charge is 0.277 e. The third kappa shape index (κ3) is 5.38. The maximum absolute atomic E-state index is 12.0. The summed E-state index contributed by atoms with van der Waals surface area (Å²) in [5.74, 6) is 0.315. The topological polar surface area (TPSA) is 68.0 Å². The summed E-state index contributed by atoms with van der Waals surface area (Å²) < 4.78 is 5.54. The summed E-state index contributed by atoms with van der Waals surface area (Å²) in [6.07, 6.45) is 0.495. The highest BCUT2D eigenvalue weighted by atomic mass is 35.5. The van der Waals surface area contributed by atoms with Gasteiger partial charge in [-0.05, 0) is 35.9 Å². The van der Waals surface area contributed by atoms with E-state index in [-0.39, 0.29) is 11.7 Å². The third-order valence-corrected chi connectivity index (χ3v) is 4.88. The lowest BCUT2D eigenvalue weighted by atomic mass is 10.1. The van der Waals surface area contributed by atoms with E-state index in [0.717, 1.165) is 17.3 Å². The van der Waals surface area contributed by atoms with Crippen LogP contribution in [0, 0.1) is 0 Å². The van der Waals surface area contributed by atoms with Crippen LogP contribution >= 0.6 is 46.6 Å². The number of thioether (sulfide) groups is 1. The molecular formula is C17H12Cl3N3O2S. The predicted octanol–water partition coefficient (Wildman–Crippen LogP) is 5.35. The lowest BCUT2D eigenvalue weighted by Crippen LogP contribution is -2.14. The van der Waals surface area contributed by atoms with Crippen molar-refractivity contribution in [2.45, 2.75) is 11.6 Å². The molecule has 0 spiro atoms. The fourth-order valence-corrected chi connectivity index (χ4v) is 3.10. The van der Waals surface area contributed by atoms with Gasteiger partial charge in [0.2, 0.25) is 11.8 Å². The molecule has 1 heterocycles. The van der Waals surface area contributed by atoms with E-state index in [1.54, 1.807) is 30.3 Å². The second-order valence-electron chi connectivity index (χ2n) is 5.23. The van der Waals surface area contributed by atoms with Crippen LogP contribution in [0.3, 0.4) is 0 Å². The molecule has 9 heteroatoms. The number of carbonyl (C=O) groups is 1. The Kier molecular flexibility index (Phi) is 6.43. The van der Waals surface area contributed by atoms with Crippen LogP contribution in [0.1, 0.15) is 11.5 Å². The minimum atomic E-state index is -0.253. The average molecular weight is 429 g/mol. The number of hydrogen-bond acceptors (Lipinski definition) is 5. The number of hydrogen-bond donors (Lipinski definition) is 1. The number of rotatable bonds is 6. The van der Waals surface area contributed by atoms with E-state index < -0.39 is 0 Å². The van der Waals surface area contributed by atoms with Gasteiger partial charge in [0.15, 0.2) is 0 Å². The summed E-state index contributed by atoms with van der Waals surface area (Å²) >= 11 is 18.9. The maximum atomic E-state index is 12.0. The Hall–Kier alpha value is -1.73. The maximum Gasteiger partial charge on any atom is 0.277 e. The van der Waals surface area contributed by atoms with Gasteiger partial charge in [0.1, 0.15) is 0 Å². The molecule has 1 aromatic heterocycles. The third-order valence-electron chi connectivity index (χ3n) is 3.25. The zero-order chi connectivity index (χ0) is 18.5. The van der Waals surface area contributed by atoms with Crippen LogP contribution in [0.5, 0.6) is 0 Å². The van der Waals surface area contributed by atoms with Gasteiger partial charge in [-0.1, -0.05) is 58.7 Å². The summed E-state index contributed by atoms with van der Waals surface area (Å²) in [6, 6.07) is 12.2. The van der Waals surface area contributed by atoms with E-state index in [1.807, 2.05) is 12.1 Å². The molecule has 26 heavy (non-hydrogen) atoms. The Morgan fingerprint density at radius 3 is 2.54 bits per heavy atom. The van der Waals surface area contributed by atoms with E-state index in [0.29, 0.717) is 38.3 Å². The van der Waals surface area contributed by atoms with E-state index in [2.05, 4.69) is 15.5 Å². The molecule has 0 bridgehead atoms.